The van der Waals surface area contributed by atoms with Crippen LogP contribution in [0.15, 0.2) is 0 Å². The summed E-state index contributed by atoms with van der Waals surface area (Å²) in [7, 11) is 0. The first-order valence-electron chi connectivity index (χ1n) is 7.05. The maximum atomic E-state index is 11.7. The van der Waals surface area contributed by atoms with Crippen molar-refractivity contribution in [2.75, 3.05) is 6.61 Å². The van der Waals surface area contributed by atoms with Gasteiger partial charge in [-0.3, -0.25) is 0 Å². The number of carbonyl (C=O) groups excluding carboxylic acids is 1. The molecule has 1 heterocycles. The third-order valence-corrected chi connectivity index (χ3v) is 3.66. The largest absolute Gasteiger partial charge is 0.461 e. The molecule has 0 amide bonds. The molecule has 1 aromatic heterocycles. The minimum atomic E-state index is -0.433. The van der Waals surface area contributed by atoms with Crippen LogP contribution in [0.3, 0.4) is 0 Å². The summed E-state index contributed by atoms with van der Waals surface area (Å²) in [6, 6.07) is 0. The second kappa shape index (κ2) is 6.65. The molecule has 2 rings (SSSR count). The summed E-state index contributed by atoms with van der Waals surface area (Å²) in [6.07, 6.45) is 6.33. The Bertz CT molecular complexity index is 424. The van der Waals surface area contributed by atoms with E-state index in [9.17, 15) is 4.79 Å². The lowest BCUT2D eigenvalue weighted by Gasteiger charge is -2.21. The second-order valence-electron chi connectivity index (χ2n) is 5.00. The van der Waals surface area contributed by atoms with Crippen molar-refractivity contribution in [1.82, 2.24) is 15.0 Å². The van der Waals surface area contributed by atoms with Crippen molar-refractivity contribution in [3.63, 3.8) is 0 Å². The maximum absolute atomic E-state index is 11.7. The van der Waals surface area contributed by atoms with Gasteiger partial charge in [0.15, 0.2) is 5.69 Å². The average molecular weight is 266 g/mol. The number of esters is 1. The van der Waals surface area contributed by atoms with Gasteiger partial charge in [0.2, 0.25) is 0 Å². The number of hydrogen-bond donors (Lipinski definition) is 1. The van der Waals surface area contributed by atoms with Crippen LogP contribution in [0, 0.1) is 5.92 Å². The Hall–Kier alpha value is -1.43. The SMILES string of the molecule is CCOC(=O)c1nnn(CC2CCCCC2)c1CN. The number of carbonyl (C=O) groups is 1. The van der Waals surface area contributed by atoms with Gasteiger partial charge in [0.05, 0.1) is 12.3 Å². The first kappa shape index (κ1) is 14.0. The van der Waals surface area contributed by atoms with Crippen molar-refractivity contribution in [2.45, 2.75) is 52.1 Å². The van der Waals surface area contributed by atoms with Crippen molar-refractivity contribution in [3.8, 4) is 0 Å². The zero-order valence-electron chi connectivity index (χ0n) is 11.5. The van der Waals surface area contributed by atoms with E-state index in [2.05, 4.69) is 10.3 Å². The van der Waals surface area contributed by atoms with Crippen LogP contribution >= 0.6 is 0 Å². The summed E-state index contributed by atoms with van der Waals surface area (Å²) in [5.74, 6) is 0.189. The number of nitrogens with two attached hydrogens (primary N) is 1. The molecule has 6 nitrogen and oxygen atoms in total. The molecule has 2 N–H and O–H groups in total. The molecule has 0 aromatic carbocycles. The van der Waals surface area contributed by atoms with Gasteiger partial charge in [-0.1, -0.05) is 24.5 Å². The molecule has 1 aliphatic rings. The quantitative estimate of drug-likeness (QED) is 0.816. The van der Waals surface area contributed by atoms with Gasteiger partial charge >= 0.3 is 5.97 Å². The molecule has 6 heteroatoms. The Kier molecular flexibility index (Phi) is 4.90. The molecule has 0 spiro atoms. The third kappa shape index (κ3) is 3.32. The minimum absolute atomic E-state index is 0.258. The first-order valence-corrected chi connectivity index (χ1v) is 7.05. The van der Waals surface area contributed by atoms with Crippen molar-refractivity contribution in [3.05, 3.63) is 11.4 Å². The average Bonchev–Trinajstić information content (AvgIpc) is 2.83. The summed E-state index contributed by atoms with van der Waals surface area (Å²) in [4.78, 5) is 11.7. The van der Waals surface area contributed by atoms with Gasteiger partial charge < -0.3 is 10.5 Å². The molecule has 0 radical (unpaired) electrons. The molecule has 0 bridgehead atoms. The molecule has 0 atom stereocenters. The lowest BCUT2D eigenvalue weighted by molar-refractivity contribution is 0.0518. The Labute approximate surface area is 113 Å². The zero-order chi connectivity index (χ0) is 13.7. The van der Waals surface area contributed by atoms with E-state index >= 15 is 0 Å². The highest BCUT2D eigenvalue weighted by atomic mass is 16.5. The highest BCUT2D eigenvalue weighted by Crippen LogP contribution is 2.25. The van der Waals surface area contributed by atoms with Crippen LogP contribution in [0.25, 0.3) is 0 Å². The molecular weight excluding hydrogens is 244 g/mol. The fraction of sp³-hybridized carbons (Fsp3) is 0.769. The van der Waals surface area contributed by atoms with E-state index < -0.39 is 5.97 Å². The predicted molar refractivity (Wildman–Crippen MR) is 70.4 cm³/mol. The number of nitrogens with zero attached hydrogens (tertiary/aromatic N) is 3. The van der Waals surface area contributed by atoms with Gasteiger partial charge in [0.1, 0.15) is 0 Å². The van der Waals surface area contributed by atoms with E-state index in [0.717, 1.165) is 6.54 Å². The highest BCUT2D eigenvalue weighted by Gasteiger charge is 2.22. The number of rotatable bonds is 5. The predicted octanol–water partition coefficient (Wildman–Crippen LogP) is 1.49. The van der Waals surface area contributed by atoms with E-state index in [1.54, 1.807) is 11.6 Å². The van der Waals surface area contributed by atoms with Crippen LogP contribution in [-0.2, 0) is 17.8 Å². The minimum Gasteiger partial charge on any atom is -0.461 e. The number of hydrogen-bond acceptors (Lipinski definition) is 5. The Morgan fingerprint density at radius 2 is 2.16 bits per heavy atom. The molecule has 1 fully saturated rings. The van der Waals surface area contributed by atoms with E-state index in [1.807, 2.05) is 0 Å². The molecule has 19 heavy (non-hydrogen) atoms. The van der Waals surface area contributed by atoms with Gasteiger partial charge in [0.25, 0.3) is 0 Å². The monoisotopic (exact) mass is 266 g/mol. The first-order chi connectivity index (χ1) is 9.26. The van der Waals surface area contributed by atoms with Crippen LogP contribution in [0.5, 0.6) is 0 Å². The smallest absolute Gasteiger partial charge is 0.360 e. The summed E-state index contributed by atoms with van der Waals surface area (Å²) in [5, 5.41) is 8.00. The van der Waals surface area contributed by atoms with Gasteiger partial charge in [-0.25, -0.2) is 9.48 Å². The molecule has 0 aliphatic heterocycles. The van der Waals surface area contributed by atoms with Gasteiger partial charge in [-0.05, 0) is 25.7 Å². The summed E-state index contributed by atoms with van der Waals surface area (Å²) in [5.41, 5.74) is 6.67. The van der Waals surface area contributed by atoms with Crippen LogP contribution < -0.4 is 5.73 Å². The van der Waals surface area contributed by atoms with Crippen LogP contribution in [0.1, 0.15) is 55.2 Å². The Morgan fingerprint density at radius 1 is 1.42 bits per heavy atom. The fourth-order valence-corrected chi connectivity index (χ4v) is 2.65. The van der Waals surface area contributed by atoms with E-state index in [-0.39, 0.29) is 12.2 Å². The normalized spacial score (nSPS) is 16.5. The number of aromatic nitrogens is 3. The number of ether oxygens (including phenoxy) is 1. The lowest BCUT2D eigenvalue weighted by Crippen LogP contribution is -2.19. The standard InChI is InChI=1S/C13H22N4O2/c1-2-19-13(18)12-11(8-14)17(16-15-12)9-10-6-4-3-5-7-10/h10H,2-9,14H2,1H3. The third-order valence-electron chi connectivity index (χ3n) is 3.66. The molecule has 1 aromatic rings. The van der Waals surface area contributed by atoms with Gasteiger partial charge in [-0.15, -0.1) is 5.10 Å². The summed E-state index contributed by atoms with van der Waals surface area (Å²) >= 11 is 0. The van der Waals surface area contributed by atoms with Crippen molar-refractivity contribution < 1.29 is 9.53 Å². The molecule has 1 aliphatic carbocycles. The molecular formula is C13H22N4O2. The lowest BCUT2D eigenvalue weighted by atomic mass is 9.89. The Morgan fingerprint density at radius 3 is 2.79 bits per heavy atom. The summed E-state index contributed by atoms with van der Waals surface area (Å²) in [6.45, 7) is 3.16. The fourth-order valence-electron chi connectivity index (χ4n) is 2.65. The van der Waals surface area contributed by atoms with Crippen molar-refractivity contribution in [2.24, 2.45) is 11.7 Å². The van der Waals surface area contributed by atoms with Crippen molar-refractivity contribution >= 4 is 5.97 Å². The zero-order valence-corrected chi connectivity index (χ0v) is 11.5. The van der Waals surface area contributed by atoms with Crippen LogP contribution in [0.4, 0.5) is 0 Å². The highest BCUT2D eigenvalue weighted by molar-refractivity contribution is 5.88. The molecule has 106 valence electrons. The van der Waals surface area contributed by atoms with E-state index in [1.165, 1.54) is 32.1 Å². The van der Waals surface area contributed by atoms with Crippen LogP contribution in [-0.4, -0.2) is 27.6 Å². The van der Waals surface area contributed by atoms with E-state index in [4.69, 9.17) is 10.5 Å². The van der Waals surface area contributed by atoms with E-state index in [0.29, 0.717) is 18.2 Å². The maximum Gasteiger partial charge on any atom is 0.360 e. The topological polar surface area (TPSA) is 83.0 Å². The van der Waals surface area contributed by atoms with Gasteiger partial charge in [0, 0.05) is 13.1 Å². The van der Waals surface area contributed by atoms with Crippen molar-refractivity contribution in [1.29, 1.82) is 0 Å². The second-order valence-corrected chi connectivity index (χ2v) is 5.00. The van der Waals surface area contributed by atoms with Gasteiger partial charge in [-0.2, -0.15) is 0 Å². The van der Waals surface area contributed by atoms with Crippen LogP contribution in [0.2, 0.25) is 0 Å². The molecule has 0 unspecified atom stereocenters. The molecule has 0 saturated heterocycles. The molecule has 1 saturated carbocycles. The Balaban J connectivity index is 2.10. The summed E-state index contributed by atoms with van der Waals surface area (Å²) < 4.78 is 6.74.